The molecule has 0 spiro atoms. The topological polar surface area (TPSA) is 43.4 Å². The molecule has 2 aromatic rings. The Morgan fingerprint density at radius 3 is 1.90 bits per heavy atom. The summed E-state index contributed by atoms with van der Waals surface area (Å²) in [6.07, 6.45) is 0.157. The minimum atomic E-state index is -3.70. The summed E-state index contributed by atoms with van der Waals surface area (Å²) in [5, 5.41) is 0. The average Bonchev–Trinajstić information content (AvgIpc) is 2.41. The molecular formula is C17H20O3S. The highest BCUT2D eigenvalue weighted by Gasteiger charge is 2.19. The van der Waals surface area contributed by atoms with E-state index in [9.17, 15) is 8.42 Å². The van der Waals surface area contributed by atoms with Crippen LogP contribution in [0.1, 0.15) is 23.6 Å². The summed E-state index contributed by atoms with van der Waals surface area (Å²) in [4.78, 5) is 0.198. The lowest BCUT2D eigenvalue weighted by molar-refractivity contribution is 0.229. The van der Waals surface area contributed by atoms with Crippen molar-refractivity contribution in [2.45, 2.75) is 38.2 Å². The third-order valence-electron chi connectivity index (χ3n) is 3.24. The number of benzene rings is 2. The van der Waals surface area contributed by atoms with Crippen molar-refractivity contribution in [2.75, 3.05) is 0 Å². The van der Waals surface area contributed by atoms with Gasteiger partial charge in [0.2, 0.25) is 0 Å². The minimum absolute atomic E-state index is 0.198. The summed E-state index contributed by atoms with van der Waals surface area (Å²) < 4.78 is 29.6. The largest absolute Gasteiger partial charge is 0.297 e. The first kappa shape index (κ1) is 15.7. The molecule has 0 aliphatic rings. The van der Waals surface area contributed by atoms with E-state index in [1.54, 1.807) is 31.2 Å². The Morgan fingerprint density at radius 1 is 0.905 bits per heavy atom. The van der Waals surface area contributed by atoms with Crippen LogP contribution in [0.25, 0.3) is 0 Å². The standard InChI is InChI=1S/C17H20O3S/c1-13-4-8-16(9-5-13)12-15(3)20-21(18,19)17-10-6-14(2)7-11-17/h4-11,15H,12H2,1-3H3. The van der Waals surface area contributed by atoms with Gasteiger partial charge in [0.05, 0.1) is 11.0 Å². The zero-order valence-electron chi connectivity index (χ0n) is 12.5. The molecule has 2 aromatic carbocycles. The zero-order valence-corrected chi connectivity index (χ0v) is 13.4. The molecule has 2 rings (SSSR count). The van der Waals surface area contributed by atoms with Gasteiger partial charge < -0.3 is 0 Å². The first-order chi connectivity index (χ1) is 9.87. The van der Waals surface area contributed by atoms with E-state index in [0.29, 0.717) is 6.42 Å². The molecule has 0 N–H and O–H groups in total. The Bertz CT molecular complexity index is 686. The van der Waals surface area contributed by atoms with Crippen molar-refractivity contribution in [3.05, 3.63) is 65.2 Å². The molecule has 0 aliphatic heterocycles. The highest BCUT2D eigenvalue weighted by molar-refractivity contribution is 7.86. The van der Waals surface area contributed by atoms with Crippen molar-refractivity contribution in [3.63, 3.8) is 0 Å². The molecule has 0 aliphatic carbocycles. The van der Waals surface area contributed by atoms with E-state index < -0.39 is 16.2 Å². The van der Waals surface area contributed by atoms with Gasteiger partial charge in [-0.05, 0) is 44.9 Å². The first-order valence-electron chi connectivity index (χ1n) is 6.92. The molecule has 0 heterocycles. The summed E-state index contributed by atoms with van der Waals surface area (Å²) in [7, 11) is -3.70. The predicted octanol–water partition coefficient (Wildman–Crippen LogP) is 3.64. The van der Waals surface area contributed by atoms with E-state index in [1.807, 2.05) is 38.1 Å². The molecule has 0 fully saturated rings. The zero-order chi connectivity index (χ0) is 15.5. The number of rotatable bonds is 5. The second kappa shape index (κ2) is 6.41. The Hall–Kier alpha value is -1.65. The van der Waals surface area contributed by atoms with Crippen LogP contribution < -0.4 is 0 Å². The fraction of sp³-hybridized carbons (Fsp3) is 0.294. The summed E-state index contributed by atoms with van der Waals surface area (Å²) >= 11 is 0. The Morgan fingerprint density at radius 2 is 1.38 bits per heavy atom. The SMILES string of the molecule is Cc1ccc(CC(C)OS(=O)(=O)c2ccc(C)cc2)cc1. The van der Waals surface area contributed by atoms with Gasteiger partial charge in [0.15, 0.2) is 0 Å². The maximum atomic E-state index is 12.2. The number of aryl methyl sites for hydroxylation is 2. The summed E-state index contributed by atoms with van der Waals surface area (Å²) in [6.45, 7) is 5.70. The van der Waals surface area contributed by atoms with Gasteiger partial charge >= 0.3 is 0 Å². The quantitative estimate of drug-likeness (QED) is 0.792. The van der Waals surface area contributed by atoms with Gasteiger partial charge in [0.25, 0.3) is 10.1 Å². The molecule has 4 heteroatoms. The lowest BCUT2D eigenvalue weighted by atomic mass is 10.1. The van der Waals surface area contributed by atoms with E-state index >= 15 is 0 Å². The van der Waals surface area contributed by atoms with E-state index in [4.69, 9.17) is 4.18 Å². The van der Waals surface area contributed by atoms with E-state index in [2.05, 4.69) is 0 Å². The van der Waals surface area contributed by atoms with Gasteiger partial charge in [0.1, 0.15) is 0 Å². The molecule has 3 nitrogen and oxygen atoms in total. The Labute approximate surface area is 126 Å². The third-order valence-corrected chi connectivity index (χ3v) is 4.68. The summed E-state index contributed by atoms with van der Waals surface area (Å²) in [5.41, 5.74) is 3.26. The van der Waals surface area contributed by atoms with Crippen molar-refractivity contribution >= 4 is 10.1 Å². The average molecular weight is 304 g/mol. The van der Waals surface area contributed by atoms with Crippen molar-refractivity contribution < 1.29 is 12.6 Å². The van der Waals surface area contributed by atoms with Crippen LogP contribution in [0.4, 0.5) is 0 Å². The molecule has 1 unspecified atom stereocenters. The van der Waals surface area contributed by atoms with Crippen LogP contribution in [0.15, 0.2) is 53.4 Å². The van der Waals surface area contributed by atoms with Crippen LogP contribution in [0.2, 0.25) is 0 Å². The number of hydrogen-bond donors (Lipinski definition) is 0. The van der Waals surface area contributed by atoms with Crippen LogP contribution in [0, 0.1) is 13.8 Å². The fourth-order valence-corrected chi connectivity index (χ4v) is 3.15. The molecule has 0 saturated heterocycles. The molecule has 0 amide bonds. The van der Waals surface area contributed by atoms with Crippen LogP contribution in [-0.4, -0.2) is 14.5 Å². The first-order valence-corrected chi connectivity index (χ1v) is 8.33. The maximum Gasteiger partial charge on any atom is 0.297 e. The van der Waals surface area contributed by atoms with Crippen molar-refractivity contribution in [2.24, 2.45) is 0 Å². The van der Waals surface area contributed by atoms with Gasteiger partial charge in [-0.25, -0.2) is 0 Å². The number of hydrogen-bond acceptors (Lipinski definition) is 3. The van der Waals surface area contributed by atoms with Gasteiger partial charge in [-0.1, -0.05) is 47.5 Å². The van der Waals surface area contributed by atoms with Crippen LogP contribution in [-0.2, 0) is 20.7 Å². The molecule has 21 heavy (non-hydrogen) atoms. The maximum absolute atomic E-state index is 12.2. The molecule has 1 atom stereocenters. The lowest BCUT2D eigenvalue weighted by Crippen LogP contribution is -2.18. The highest BCUT2D eigenvalue weighted by atomic mass is 32.2. The van der Waals surface area contributed by atoms with Gasteiger partial charge in [-0.3, -0.25) is 4.18 Å². The minimum Gasteiger partial charge on any atom is -0.263 e. The molecular weight excluding hydrogens is 284 g/mol. The third kappa shape index (κ3) is 4.41. The molecule has 0 radical (unpaired) electrons. The highest BCUT2D eigenvalue weighted by Crippen LogP contribution is 2.17. The second-order valence-electron chi connectivity index (χ2n) is 5.36. The predicted molar refractivity (Wildman–Crippen MR) is 83.8 cm³/mol. The summed E-state index contributed by atoms with van der Waals surface area (Å²) in [6, 6.07) is 14.7. The molecule has 0 aromatic heterocycles. The van der Waals surface area contributed by atoms with Crippen molar-refractivity contribution in [1.82, 2.24) is 0 Å². The van der Waals surface area contributed by atoms with Crippen molar-refractivity contribution in [3.8, 4) is 0 Å². The van der Waals surface area contributed by atoms with Crippen LogP contribution >= 0.6 is 0 Å². The molecule has 0 saturated carbocycles. The monoisotopic (exact) mass is 304 g/mol. The molecule has 112 valence electrons. The van der Waals surface area contributed by atoms with E-state index in [-0.39, 0.29) is 4.90 Å². The molecule has 0 bridgehead atoms. The fourth-order valence-electron chi connectivity index (χ4n) is 2.07. The van der Waals surface area contributed by atoms with E-state index in [0.717, 1.165) is 11.1 Å². The Balaban J connectivity index is 2.05. The van der Waals surface area contributed by atoms with Gasteiger partial charge in [-0.15, -0.1) is 0 Å². The van der Waals surface area contributed by atoms with Crippen molar-refractivity contribution in [1.29, 1.82) is 0 Å². The lowest BCUT2D eigenvalue weighted by Gasteiger charge is -2.13. The van der Waals surface area contributed by atoms with Crippen LogP contribution in [0.3, 0.4) is 0 Å². The van der Waals surface area contributed by atoms with Gasteiger partial charge in [-0.2, -0.15) is 8.42 Å². The smallest absolute Gasteiger partial charge is 0.263 e. The second-order valence-corrected chi connectivity index (χ2v) is 6.94. The summed E-state index contributed by atoms with van der Waals surface area (Å²) in [5.74, 6) is 0. The van der Waals surface area contributed by atoms with E-state index in [1.165, 1.54) is 5.56 Å². The Kier molecular flexibility index (Phi) is 4.80. The normalized spacial score (nSPS) is 13.1. The van der Waals surface area contributed by atoms with Gasteiger partial charge in [0, 0.05) is 0 Å². The van der Waals surface area contributed by atoms with Crippen LogP contribution in [0.5, 0.6) is 0 Å².